The third-order valence-corrected chi connectivity index (χ3v) is 5.01. The highest BCUT2D eigenvalue weighted by Crippen LogP contribution is 2.20. The fraction of sp³-hybridized carbons (Fsp3) is 0.450. The number of ether oxygens (including phenoxy) is 1. The topological polar surface area (TPSA) is 90.6 Å². The first-order valence-corrected chi connectivity index (χ1v) is 9.46. The number of halogens is 1. The van der Waals surface area contributed by atoms with Crippen molar-refractivity contribution in [2.45, 2.75) is 32.5 Å². The van der Waals surface area contributed by atoms with Crippen LogP contribution in [-0.4, -0.2) is 64.9 Å². The van der Waals surface area contributed by atoms with Crippen molar-refractivity contribution in [1.82, 2.24) is 25.1 Å². The van der Waals surface area contributed by atoms with Crippen LogP contribution >= 0.6 is 0 Å². The number of aromatic amines is 1. The van der Waals surface area contributed by atoms with Crippen LogP contribution in [0.25, 0.3) is 0 Å². The van der Waals surface area contributed by atoms with E-state index in [0.29, 0.717) is 36.8 Å². The molecule has 1 aliphatic rings. The lowest BCUT2D eigenvalue weighted by atomic mass is 10.1. The predicted octanol–water partition coefficient (Wildman–Crippen LogP) is 1.21. The molecule has 0 unspecified atom stereocenters. The zero-order chi connectivity index (χ0) is 21.0. The summed E-state index contributed by atoms with van der Waals surface area (Å²) >= 11 is 0. The Morgan fingerprint density at radius 1 is 1.45 bits per heavy atom. The van der Waals surface area contributed by atoms with Gasteiger partial charge in [0.25, 0.3) is 0 Å². The first-order chi connectivity index (χ1) is 13.9. The van der Waals surface area contributed by atoms with Gasteiger partial charge in [-0.3, -0.25) is 14.5 Å². The highest BCUT2D eigenvalue weighted by molar-refractivity contribution is 5.88. The van der Waals surface area contributed by atoms with Gasteiger partial charge in [0.1, 0.15) is 17.4 Å². The van der Waals surface area contributed by atoms with Gasteiger partial charge in [-0.2, -0.15) is 0 Å². The summed E-state index contributed by atoms with van der Waals surface area (Å²) in [7, 11) is 3.15. The van der Waals surface area contributed by atoms with Crippen LogP contribution in [0.5, 0.6) is 5.75 Å². The van der Waals surface area contributed by atoms with Crippen LogP contribution in [0.4, 0.5) is 4.39 Å². The number of aryl methyl sites for hydroxylation is 1. The van der Waals surface area contributed by atoms with E-state index in [9.17, 15) is 14.0 Å². The Labute approximate surface area is 169 Å². The van der Waals surface area contributed by atoms with Crippen LogP contribution in [0.3, 0.4) is 0 Å². The molecule has 0 spiro atoms. The Morgan fingerprint density at radius 2 is 2.24 bits per heavy atom. The van der Waals surface area contributed by atoms with Gasteiger partial charge in [-0.05, 0) is 13.0 Å². The van der Waals surface area contributed by atoms with Crippen LogP contribution in [0, 0.1) is 12.7 Å². The van der Waals surface area contributed by atoms with Crippen LogP contribution in [0.2, 0.25) is 0 Å². The SMILES string of the molecule is COc1ccc(CN2CCNC(=O)[C@H]2CC(=O)N(C)Cc2ncc(C)[nH]2)c(F)c1. The van der Waals surface area contributed by atoms with Crippen molar-refractivity contribution in [1.29, 1.82) is 0 Å². The van der Waals surface area contributed by atoms with E-state index in [1.807, 2.05) is 11.8 Å². The number of nitrogens with zero attached hydrogens (tertiary/aromatic N) is 3. The van der Waals surface area contributed by atoms with Crippen molar-refractivity contribution in [2.24, 2.45) is 0 Å². The van der Waals surface area contributed by atoms with Gasteiger partial charge in [-0.1, -0.05) is 6.07 Å². The fourth-order valence-corrected chi connectivity index (χ4v) is 3.36. The number of amides is 2. The number of rotatable bonds is 7. The molecule has 9 heteroatoms. The summed E-state index contributed by atoms with van der Waals surface area (Å²) in [6.07, 6.45) is 1.72. The minimum atomic E-state index is -0.654. The molecular formula is C20H26FN5O3. The van der Waals surface area contributed by atoms with E-state index < -0.39 is 11.9 Å². The lowest BCUT2D eigenvalue weighted by molar-refractivity contribution is -0.138. The summed E-state index contributed by atoms with van der Waals surface area (Å²) in [6.45, 7) is 3.45. The number of benzene rings is 1. The number of methoxy groups -OCH3 is 1. The van der Waals surface area contributed by atoms with Crippen LogP contribution in [0.15, 0.2) is 24.4 Å². The van der Waals surface area contributed by atoms with Crippen molar-refractivity contribution in [3.05, 3.63) is 47.3 Å². The molecule has 156 valence electrons. The highest BCUT2D eigenvalue weighted by atomic mass is 19.1. The van der Waals surface area contributed by atoms with Crippen molar-refractivity contribution in [2.75, 3.05) is 27.2 Å². The Kier molecular flexibility index (Phi) is 6.48. The molecule has 0 radical (unpaired) electrons. The summed E-state index contributed by atoms with van der Waals surface area (Å²) in [6, 6.07) is 3.99. The molecule has 0 bridgehead atoms. The Bertz CT molecular complexity index is 885. The zero-order valence-corrected chi connectivity index (χ0v) is 16.9. The maximum atomic E-state index is 14.4. The second-order valence-corrected chi connectivity index (χ2v) is 7.20. The second kappa shape index (κ2) is 9.04. The van der Waals surface area contributed by atoms with Gasteiger partial charge in [-0.25, -0.2) is 9.37 Å². The van der Waals surface area contributed by atoms with Gasteiger partial charge in [0.2, 0.25) is 11.8 Å². The van der Waals surface area contributed by atoms with E-state index in [2.05, 4.69) is 15.3 Å². The normalized spacial score (nSPS) is 17.1. The summed E-state index contributed by atoms with van der Waals surface area (Å²) in [5.41, 5.74) is 1.37. The molecule has 1 atom stereocenters. The molecule has 1 aliphatic heterocycles. The minimum Gasteiger partial charge on any atom is -0.497 e. The summed E-state index contributed by atoms with van der Waals surface area (Å²) in [5, 5.41) is 2.79. The maximum absolute atomic E-state index is 14.4. The lowest BCUT2D eigenvalue weighted by Gasteiger charge is -2.35. The minimum absolute atomic E-state index is 0.0137. The van der Waals surface area contributed by atoms with Crippen molar-refractivity contribution in [3.63, 3.8) is 0 Å². The van der Waals surface area contributed by atoms with E-state index in [1.54, 1.807) is 25.4 Å². The van der Waals surface area contributed by atoms with Gasteiger partial charge < -0.3 is 19.9 Å². The standard InChI is InChI=1S/C20H26FN5O3/c1-13-10-23-18(24-13)12-25(2)19(27)9-17-20(28)22-6-7-26(17)11-14-4-5-15(29-3)8-16(14)21/h4-5,8,10,17H,6-7,9,11-12H2,1-3H3,(H,22,28)(H,23,24)/t17-/m1/s1. The van der Waals surface area contributed by atoms with Gasteiger partial charge in [-0.15, -0.1) is 0 Å². The molecule has 3 rings (SSSR count). The van der Waals surface area contributed by atoms with E-state index in [0.717, 1.165) is 5.69 Å². The van der Waals surface area contributed by atoms with Crippen LogP contribution in [-0.2, 0) is 22.7 Å². The first kappa shape index (κ1) is 20.8. The number of piperazine rings is 1. The van der Waals surface area contributed by atoms with Gasteiger partial charge >= 0.3 is 0 Å². The Balaban J connectivity index is 1.67. The highest BCUT2D eigenvalue weighted by Gasteiger charge is 2.33. The monoisotopic (exact) mass is 403 g/mol. The molecule has 0 saturated carbocycles. The van der Waals surface area contributed by atoms with Crippen LogP contribution < -0.4 is 10.1 Å². The molecule has 2 N–H and O–H groups in total. The summed E-state index contributed by atoms with van der Waals surface area (Å²) < 4.78 is 19.4. The fourth-order valence-electron chi connectivity index (χ4n) is 3.36. The number of H-pyrrole nitrogens is 1. The number of hydrogen-bond donors (Lipinski definition) is 2. The largest absolute Gasteiger partial charge is 0.497 e. The van der Waals surface area contributed by atoms with Gasteiger partial charge in [0.05, 0.1) is 26.1 Å². The molecule has 1 aromatic carbocycles. The van der Waals surface area contributed by atoms with Crippen molar-refractivity contribution < 1.29 is 18.7 Å². The molecule has 2 aromatic rings. The molecule has 1 saturated heterocycles. The number of carbonyl (C=O) groups is 2. The molecule has 1 fully saturated rings. The van der Waals surface area contributed by atoms with Crippen molar-refractivity contribution in [3.8, 4) is 5.75 Å². The maximum Gasteiger partial charge on any atom is 0.237 e. The third kappa shape index (κ3) is 5.11. The molecule has 0 aliphatic carbocycles. The molecule has 1 aromatic heterocycles. The average molecular weight is 403 g/mol. The molecule has 29 heavy (non-hydrogen) atoms. The summed E-state index contributed by atoms with van der Waals surface area (Å²) in [5.74, 6) is 0.320. The second-order valence-electron chi connectivity index (χ2n) is 7.20. The number of hydrogen-bond acceptors (Lipinski definition) is 5. The van der Waals surface area contributed by atoms with E-state index in [4.69, 9.17) is 4.74 Å². The van der Waals surface area contributed by atoms with Crippen molar-refractivity contribution >= 4 is 11.8 Å². The molecule has 8 nitrogen and oxygen atoms in total. The number of imidazole rings is 1. The predicted molar refractivity (Wildman–Crippen MR) is 105 cm³/mol. The number of nitrogens with one attached hydrogen (secondary N) is 2. The van der Waals surface area contributed by atoms with Gasteiger partial charge in [0, 0.05) is 50.2 Å². The Morgan fingerprint density at radius 3 is 2.90 bits per heavy atom. The number of aromatic nitrogens is 2. The van der Waals surface area contributed by atoms with Gasteiger partial charge in [0.15, 0.2) is 0 Å². The quantitative estimate of drug-likeness (QED) is 0.725. The summed E-state index contributed by atoms with van der Waals surface area (Å²) in [4.78, 5) is 35.8. The lowest BCUT2D eigenvalue weighted by Crippen LogP contribution is -2.56. The smallest absolute Gasteiger partial charge is 0.237 e. The molecular weight excluding hydrogens is 377 g/mol. The van der Waals surface area contributed by atoms with Crippen LogP contribution in [0.1, 0.15) is 23.5 Å². The number of carbonyl (C=O) groups excluding carboxylic acids is 2. The average Bonchev–Trinajstić information content (AvgIpc) is 3.10. The van der Waals surface area contributed by atoms with E-state index in [-0.39, 0.29) is 24.8 Å². The molecule has 2 heterocycles. The zero-order valence-electron chi connectivity index (χ0n) is 16.9. The van der Waals surface area contributed by atoms with E-state index >= 15 is 0 Å². The van der Waals surface area contributed by atoms with E-state index in [1.165, 1.54) is 18.1 Å². The molecule has 2 amide bonds. The third-order valence-electron chi connectivity index (χ3n) is 5.01. The first-order valence-electron chi connectivity index (χ1n) is 9.46. The Hall–Kier alpha value is -2.94.